The number of phosphoric acid groups is 1. The quantitative estimate of drug-likeness (QED) is 0.549. The maximum Gasteiger partial charge on any atom is 0.524 e. The molecule has 0 bridgehead atoms. The molecule has 10 heteroatoms. The molecule has 3 rings (SSSR count). The van der Waals surface area contributed by atoms with Crippen LogP contribution in [0.4, 0.5) is 0 Å². The van der Waals surface area contributed by atoms with Crippen molar-refractivity contribution < 1.29 is 23.7 Å². The molecule has 7 nitrogen and oxygen atoms in total. The first-order valence-corrected chi connectivity index (χ1v) is 12.2. The number of nitrogens with zero attached hydrogens (tertiary/aromatic N) is 2. The molecule has 1 atom stereocenters. The standard InChI is InChI=1S/C21H25Cl2N2O5P/c1-24(21(26)13-15-6-7-18(22)19(23)12-15)10-11-25-9-8-16(14-25)17-4-2-3-5-20(17)30-31(27,28)29/h2-7,12,16H,8-11,13-14H2,1H3,(H2,27,28,29). The van der Waals surface area contributed by atoms with Gasteiger partial charge >= 0.3 is 7.82 Å². The third-order valence-corrected chi connectivity index (χ3v) is 6.54. The Morgan fingerprint density at radius 1 is 1.23 bits per heavy atom. The van der Waals surface area contributed by atoms with Gasteiger partial charge in [-0.05, 0) is 42.3 Å². The number of hydrogen-bond donors (Lipinski definition) is 2. The van der Waals surface area contributed by atoms with Crippen LogP contribution in [-0.2, 0) is 15.8 Å². The van der Waals surface area contributed by atoms with Crippen LogP contribution in [-0.4, -0.2) is 58.7 Å². The number of carbonyl (C=O) groups excluding carboxylic acids is 1. The average Bonchev–Trinajstić information content (AvgIpc) is 3.17. The van der Waals surface area contributed by atoms with Crippen molar-refractivity contribution in [3.63, 3.8) is 0 Å². The van der Waals surface area contributed by atoms with Gasteiger partial charge in [-0.15, -0.1) is 0 Å². The molecule has 1 amide bonds. The molecule has 31 heavy (non-hydrogen) atoms. The van der Waals surface area contributed by atoms with Crippen molar-refractivity contribution in [2.75, 3.05) is 33.2 Å². The van der Waals surface area contributed by atoms with Crippen LogP contribution in [0.25, 0.3) is 0 Å². The van der Waals surface area contributed by atoms with E-state index in [0.29, 0.717) is 23.1 Å². The minimum Gasteiger partial charge on any atom is -0.404 e. The summed E-state index contributed by atoms with van der Waals surface area (Å²) in [5.74, 6) is 0.325. The van der Waals surface area contributed by atoms with Crippen molar-refractivity contribution in [1.82, 2.24) is 9.80 Å². The molecule has 168 valence electrons. The van der Waals surface area contributed by atoms with Crippen LogP contribution in [0.3, 0.4) is 0 Å². The minimum absolute atomic E-state index is 0.00507. The number of carbonyl (C=O) groups is 1. The fourth-order valence-corrected chi connectivity index (χ4v) is 4.44. The second kappa shape index (κ2) is 10.3. The van der Waals surface area contributed by atoms with E-state index in [0.717, 1.165) is 30.6 Å². The molecule has 2 aromatic carbocycles. The molecule has 2 aromatic rings. The van der Waals surface area contributed by atoms with Crippen LogP contribution in [0, 0.1) is 0 Å². The Kier molecular flexibility index (Phi) is 8.03. The summed E-state index contributed by atoms with van der Waals surface area (Å²) in [5, 5.41) is 0.892. The van der Waals surface area contributed by atoms with Crippen molar-refractivity contribution >= 4 is 36.9 Å². The second-order valence-electron chi connectivity index (χ2n) is 7.65. The van der Waals surface area contributed by atoms with Crippen LogP contribution < -0.4 is 4.52 Å². The Bertz CT molecular complexity index is 984. The molecule has 0 spiro atoms. The number of para-hydroxylation sites is 1. The van der Waals surface area contributed by atoms with Gasteiger partial charge in [0.2, 0.25) is 5.91 Å². The molecular formula is C21H25Cl2N2O5P. The van der Waals surface area contributed by atoms with E-state index in [-0.39, 0.29) is 24.0 Å². The van der Waals surface area contributed by atoms with Gasteiger partial charge in [-0.25, -0.2) is 4.57 Å². The molecule has 1 fully saturated rings. The van der Waals surface area contributed by atoms with Gasteiger partial charge in [-0.3, -0.25) is 14.6 Å². The maximum absolute atomic E-state index is 12.5. The smallest absolute Gasteiger partial charge is 0.404 e. The number of halogens is 2. The summed E-state index contributed by atoms with van der Waals surface area (Å²) in [6, 6.07) is 12.1. The van der Waals surface area contributed by atoms with Gasteiger partial charge in [0.05, 0.1) is 16.5 Å². The molecule has 0 saturated carbocycles. The SMILES string of the molecule is CN(CCN1CCC(c2ccccc2OP(=O)(O)O)C1)C(=O)Cc1ccc(Cl)c(Cl)c1. The Morgan fingerprint density at radius 3 is 2.68 bits per heavy atom. The largest absolute Gasteiger partial charge is 0.524 e. The van der Waals surface area contributed by atoms with E-state index < -0.39 is 7.82 Å². The lowest BCUT2D eigenvalue weighted by Gasteiger charge is -2.22. The lowest BCUT2D eigenvalue weighted by Crippen LogP contribution is -2.36. The van der Waals surface area contributed by atoms with Crippen LogP contribution in [0.5, 0.6) is 5.75 Å². The minimum atomic E-state index is -4.62. The van der Waals surface area contributed by atoms with E-state index in [1.807, 2.05) is 12.1 Å². The first-order chi connectivity index (χ1) is 14.6. The fourth-order valence-electron chi connectivity index (χ4n) is 3.69. The van der Waals surface area contributed by atoms with Crippen LogP contribution in [0.1, 0.15) is 23.5 Å². The highest BCUT2D eigenvalue weighted by Crippen LogP contribution is 2.42. The Morgan fingerprint density at radius 2 is 1.97 bits per heavy atom. The predicted octanol–water partition coefficient (Wildman–Crippen LogP) is 3.96. The molecule has 1 aliphatic heterocycles. The topological polar surface area (TPSA) is 90.3 Å². The summed E-state index contributed by atoms with van der Waals surface area (Å²) in [5.41, 5.74) is 1.60. The van der Waals surface area contributed by atoms with Gasteiger partial charge in [0.25, 0.3) is 0 Å². The number of phosphoric ester groups is 1. The number of benzene rings is 2. The molecule has 1 aliphatic rings. The summed E-state index contributed by atoms with van der Waals surface area (Å²) in [6.07, 6.45) is 1.10. The maximum atomic E-state index is 12.5. The van der Waals surface area contributed by atoms with Crippen molar-refractivity contribution in [3.8, 4) is 5.75 Å². The summed E-state index contributed by atoms with van der Waals surface area (Å²) < 4.78 is 16.1. The van der Waals surface area contributed by atoms with E-state index in [4.69, 9.17) is 37.5 Å². The average molecular weight is 487 g/mol. The third-order valence-electron chi connectivity index (χ3n) is 5.37. The van der Waals surface area contributed by atoms with Crippen molar-refractivity contribution in [2.24, 2.45) is 0 Å². The first kappa shape index (κ1) is 24.1. The molecule has 1 heterocycles. The molecule has 2 N–H and O–H groups in total. The van der Waals surface area contributed by atoms with E-state index in [2.05, 4.69) is 4.90 Å². The van der Waals surface area contributed by atoms with Gasteiger partial charge in [0.15, 0.2) is 0 Å². The van der Waals surface area contributed by atoms with Gasteiger partial charge in [0, 0.05) is 32.6 Å². The van der Waals surface area contributed by atoms with Crippen LogP contribution in [0.2, 0.25) is 10.0 Å². The summed E-state index contributed by atoms with van der Waals surface area (Å²) >= 11 is 11.9. The Balaban J connectivity index is 1.52. The van der Waals surface area contributed by atoms with Crippen LogP contribution >= 0.6 is 31.0 Å². The second-order valence-corrected chi connectivity index (χ2v) is 9.62. The zero-order valence-corrected chi connectivity index (χ0v) is 19.5. The highest BCUT2D eigenvalue weighted by Gasteiger charge is 2.28. The lowest BCUT2D eigenvalue weighted by molar-refractivity contribution is -0.129. The lowest BCUT2D eigenvalue weighted by atomic mass is 9.97. The normalized spacial score (nSPS) is 17.0. The van der Waals surface area contributed by atoms with Gasteiger partial charge < -0.3 is 14.3 Å². The number of likely N-dealkylation sites (tertiary alicyclic amines) is 1. The van der Waals surface area contributed by atoms with Crippen LogP contribution in [0.15, 0.2) is 42.5 Å². The van der Waals surface area contributed by atoms with Crippen molar-refractivity contribution in [2.45, 2.75) is 18.8 Å². The number of likely N-dealkylation sites (N-methyl/N-ethyl adjacent to an activating group) is 1. The summed E-state index contributed by atoms with van der Waals surface area (Å²) in [4.78, 5) is 34.7. The van der Waals surface area contributed by atoms with E-state index in [9.17, 15) is 9.36 Å². The fraction of sp³-hybridized carbons (Fsp3) is 0.381. The predicted molar refractivity (Wildman–Crippen MR) is 121 cm³/mol. The summed E-state index contributed by atoms with van der Waals surface area (Å²) in [7, 11) is -2.84. The molecule has 0 aromatic heterocycles. The van der Waals surface area contributed by atoms with E-state index in [1.165, 1.54) is 0 Å². The molecule has 1 saturated heterocycles. The van der Waals surface area contributed by atoms with Crippen molar-refractivity contribution in [3.05, 3.63) is 63.6 Å². The molecule has 1 unspecified atom stereocenters. The molecular weight excluding hydrogens is 462 g/mol. The zero-order valence-electron chi connectivity index (χ0n) is 17.1. The summed E-state index contributed by atoms with van der Waals surface area (Å²) in [6.45, 7) is 2.86. The van der Waals surface area contributed by atoms with E-state index in [1.54, 1.807) is 42.3 Å². The highest BCUT2D eigenvalue weighted by atomic mass is 35.5. The van der Waals surface area contributed by atoms with Crippen molar-refractivity contribution in [1.29, 1.82) is 0 Å². The third kappa shape index (κ3) is 6.94. The highest BCUT2D eigenvalue weighted by molar-refractivity contribution is 7.46. The molecule has 0 radical (unpaired) electrons. The first-order valence-electron chi connectivity index (χ1n) is 9.86. The number of amides is 1. The van der Waals surface area contributed by atoms with E-state index >= 15 is 0 Å². The Hall–Kier alpha value is -1.60. The monoisotopic (exact) mass is 486 g/mol. The van der Waals surface area contributed by atoms with Gasteiger partial charge in [-0.2, -0.15) is 0 Å². The zero-order chi connectivity index (χ0) is 22.6. The number of hydrogen-bond acceptors (Lipinski definition) is 4. The molecule has 0 aliphatic carbocycles. The number of rotatable bonds is 8. The Labute approximate surface area is 191 Å². The van der Waals surface area contributed by atoms with Gasteiger partial charge in [-0.1, -0.05) is 47.5 Å². The van der Waals surface area contributed by atoms with Gasteiger partial charge in [0.1, 0.15) is 5.75 Å².